The fraction of sp³-hybridized carbons (Fsp3) is 0.786. The molecule has 1 N–H and O–H groups in total. The van der Waals surface area contributed by atoms with Crippen LogP contribution in [0.3, 0.4) is 0 Å². The highest BCUT2D eigenvalue weighted by Crippen LogP contribution is 2.30. The summed E-state index contributed by atoms with van der Waals surface area (Å²) >= 11 is 1.91. The van der Waals surface area contributed by atoms with E-state index in [0.29, 0.717) is 6.04 Å². The van der Waals surface area contributed by atoms with Crippen molar-refractivity contribution in [3.05, 3.63) is 11.9 Å². The highest BCUT2D eigenvalue weighted by atomic mass is 32.2. The average Bonchev–Trinajstić information content (AvgIpc) is 2.77. The molecule has 1 aliphatic rings. The number of anilines is 1. The number of rotatable bonds is 6. The lowest BCUT2D eigenvalue weighted by atomic mass is 9.95. The van der Waals surface area contributed by atoms with Crippen molar-refractivity contribution in [1.29, 1.82) is 0 Å². The number of thioether (sulfide) groups is 1. The standard InChI is InChI=1S/C14H25N3S/c1-12-11-17(13-7-4-3-5-8-13)14(16-12)15-9-6-10-18-2/h11,13H,3-10H2,1-2H3,(H,15,16). The summed E-state index contributed by atoms with van der Waals surface area (Å²) in [6.07, 6.45) is 12.4. The monoisotopic (exact) mass is 267 g/mol. The van der Waals surface area contributed by atoms with Gasteiger partial charge in [-0.25, -0.2) is 4.98 Å². The third-order valence-electron chi connectivity index (χ3n) is 3.63. The van der Waals surface area contributed by atoms with Crippen LogP contribution in [0.5, 0.6) is 0 Å². The van der Waals surface area contributed by atoms with E-state index in [1.807, 2.05) is 11.8 Å². The Kier molecular flexibility index (Phi) is 5.42. The molecule has 1 fully saturated rings. The summed E-state index contributed by atoms with van der Waals surface area (Å²) in [6.45, 7) is 3.12. The number of nitrogens with one attached hydrogen (secondary N) is 1. The van der Waals surface area contributed by atoms with Gasteiger partial charge < -0.3 is 9.88 Å². The zero-order valence-corrected chi connectivity index (χ0v) is 12.4. The lowest BCUT2D eigenvalue weighted by molar-refractivity contribution is 0.355. The van der Waals surface area contributed by atoms with E-state index in [0.717, 1.165) is 18.2 Å². The van der Waals surface area contributed by atoms with Crippen LogP contribution in [0.15, 0.2) is 6.20 Å². The molecule has 0 unspecified atom stereocenters. The Labute approximate surface area is 115 Å². The summed E-state index contributed by atoms with van der Waals surface area (Å²) < 4.78 is 2.38. The molecule has 1 aromatic rings. The molecule has 0 bridgehead atoms. The van der Waals surface area contributed by atoms with Gasteiger partial charge in [0.15, 0.2) is 0 Å². The van der Waals surface area contributed by atoms with Crippen LogP contribution in [0.1, 0.15) is 50.3 Å². The predicted octanol–water partition coefficient (Wildman–Crippen LogP) is 3.86. The van der Waals surface area contributed by atoms with Crippen molar-refractivity contribution in [2.75, 3.05) is 23.9 Å². The van der Waals surface area contributed by atoms with Crippen LogP contribution < -0.4 is 5.32 Å². The normalized spacial score (nSPS) is 17.0. The highest BCUT2D eigenvalue weighted by molar-refractivity contribution is 7.98. The van der Waals surface area contributed by atoms with E-state index in [2.05, 4.69) is 34.2 Å². The lowest BCUT2D eigenvalue weighted by Gasteiger charge is -2.24. The summed E-state index contributed by atoms with van der Waals surface area (Å²) in [5, 5.41) is 3.50. The summed E-state index contributed by atoms with van der Waals surface area (Å²) in [5.74, 6) is 2.30. The maximum atomic E-state index is 4.63. The first-order chi connectivity index (χ1) is 8.81. The van der Waals surface area contributed by atoms with Gasteiger partial charge >= 0.3 is 0 Å². The Hall–Kier alpha value is -0.640. The smallest absolute Gasteiger partial charge is 0.203 e. The number of aromatic nitrogens is 2. The van der Waals surface area contributed by atoms with Crippen molar-refractivity contribution in [2.45, 2.75) is 51.5 Å². The zero-order valence-electron chi connectivity index (χ0n) is 11.6. The minimum Gasteiger partial charge on any atom is -0.356 e. The molecule has 2 rings (SSSR count). The van der Waals surface area contributed by atoms with Crippen LogP contribution in [0.25, 0.3) is 0 Å². The molecular formula is C14H25N3S. The third-order valence-corrected chi connectivity index (χ3v) is 4.33. The summed E-state index contributed by atoms with van der Waals surface area (Å²) in [5.41, 5.74) is 1.13. The van der Waals surface area contributed by atoms with Gasteiger partial charge in [0.25, 0.3) is 0 Å². The Morgan fingerprint density at radius 2 is 2.17 bits per heavy atom. The highest BCUT2D eigenvalue weighted by Gasteiger charge is 2.18. The fourth-order valence-corrected chi connectivity index (χ4v) is 3.13. The van der Waals surface area contributed by atoms with Gasteiger partial charge in [-0.05, 0) is 38.2 Å². The molecule has 1 saturated carbocycles. The second-order valence-electron chi connectivity index (χ2n) is 5.18. The third kappa shape index (κ3) is 3.67. The first-order valence-corrected chi connectivity index (χ1v) is 8.49. The topological polar surface area (TPSA) is 29.9 Å². The van der Waals surface area contributed by atoms with Crippen molar-refractivity contribution in [3.63, 3.8) is 0 Å². The Morgan fingerprint density at radius 3 is 2.89 bits per heavy atom. The maximum absolute atomic E-state index is 4.63. The minimum atomic E-state index is 0.669. The molecule has 4 heteroatoms. The van der Waals surface area contributed by atoms with E-state index in [-0.39, 0.29) is 0 Å². The molecule has 0 saturated heterocycles. The molecule has 0 spiro atoms. The van der Waals surface area contributed by atoms with Crippen LogP contribution in [0.4, 0.5) is 5.95 Å². The molecule has 0 radical (unpaired) electrons. The summed E-state index contributed by atoms with van der Waals surface area (Å²) in [7, 11) is 0. The number of imidazole rings is 1. The summed E-state index contributed by atoms with van der Waals surface area (Å²) in [6, 6.07) is 0.669. The van der Waals surface area contributed by atoms with Crippen LogP contribution in [-0.4, -0.2) is 28.1 Å². The Balaban J connectivity index is 1.95. The van der Waals surface area contributed by atoms with Crippen LogP contribution in [0, 0.1) is 6.92 Å². The zero-order chi connectivity index (χ0) is 12.8. The van der Waals surface area contributed by atoms with Crippen molar-refractivity contribution < 1.29 is 0 Å². The van der Waals surface area contributed by atoms with E-state index in [1.165, 1.54) is 44.3 Å². The quantitative estimate of drug-likeness (QED) is 0.794. The van der Waals surface area contributed by atoms with Gasteiger partial charge in [0.05, 0.1) is 5.69 Å². The molecular weight excluding hydrogens is 242 g/mol. The summed E-state index contributed by atoms with van der Waals surface area (Å²) in [4.78, 5) is 4.63. The molecule has 1 aromatic heterocycles. The molecule has 0 aromatic carbocycles. The van der Waals surface area contributed by atoms with Gasteiger partial charge in [0.2, 0.25) is 5.95 Å². The Bertz CT molecular complexity index is 356. The molecule has 1 aliphatic carbocycles. The van der Waals surface area contributed by atoms with E-state index in [4.69, 9.17) is 0 Å². The number of hydrogen-bond acceptors (Lipinski definition) is 3. The van der Waals surface area contributed by atoms with Crippen LogP contribution in [-0.2, 0) is 0 Å². The van der Waals surface area contributed by atoms with Gasteiger partial charge in [0.1, 0.15) is 0 Å². The number of hydrogen-bond donors (Lipinski definition) is 1. The van der Waals surface area contributed by atoms with Crippen molar-refractivity contribution >= 4 is 17.7 Å². The molecule has 0 atom stereocenters. The fourth-order valence-electron chi connectivity index (χ4n) is 2.70. The number of nitrogens with zero attached hydrogens (tertiary/aromatic N) is 2. The minimum absolute atomic E-state index is 0.669. The molecule has 18 heavy (non-hydrogen) atoms. The SMILES string of the molecule is CSCCCNc1nc(C)cn1C1CCCCC1. The molecule has 0 amide bonds. The van der Waals surface area contributed by atoms with Gasteiger partial charge in [-0.15, -0.1) is 0 Å². The molecule has 1 heterocycles. The lowest BCUT2D eigenvalue weighted by Crippen LogP contribution is -2.16. The number of aryl methyl sites for hydroxylation is 1. The molecule has 0 aliphatic heterocycles. The molecule has 3 nitrogen and oxygen atoms in total. The van der Waals surface area contributed by atoms with Gasteiger partial charge in [-0.3, -0.25) is 0 Å². The van der Waals surface area contributed by atoms with Crippen molar-refractivity contribution in [2.24, 2.45) is 0 Å². The second-order valence-corrected chi connectivity index (χ2v) is 6.16. The average molecular weight is 267 g/mol. The van der Waals surface area contributed by atoms with E-state index in [9.17, 15) is 0 Å². The van der Waals surface area contributed by atoms with Crippen molar-refractivity contribution in [3.8, 4) is 0 Å². The first-order valence-electron chi connectivity index (χ1n) is 7.09. The van der Waals surface area contributed by atoms with Gasteiger partial charge in [0, 0.05) is 18.8 Å². The maximum Gasteiger partial charge on any atom is 0.203 e. The van der Waals surface area contributed by atoms with Gasteiger partial charge in [-0.2, -0.15) is 11.8 Å². The van der Waals surface area contributed by atoms with E-state index < -0.39 is 0 Å². The second kappa shape index (κ2) is 7.07. The Morgan fingerprint density at radius 1 is 1.39 bits per heavy atom. The largest absolute Gasteiger partial charge is 0.356 e. The van der Waals surface area contributed by atoms with Gasteiger partial charge in [-0.1, -0.05) is 19.3 Å². The van der Waals surface area contributed by atoms with E-state index in [1.54, 1.807) is 0 Å². The predicted molar refractivity (Wildman–Crippen MR) is 80.6 cm³/mol. The van der Waals surface area contributed by atoms with E-state index >= 15 is 0 Å². The first kappa shape index (κ1) is 13.8. The van der Waals surface area contributed by atoms with Crippen molar-refractivity contribution in [1.82, 2.24) is 9.55 Å². The van der Waals surface area contributed by atoms with Crippen LogP contribution >= 0.6 is 11.8 Å². The van der Waals surface area contributed by atoms with Crippen LogP contribution in [0.2, 0.25) is 0 Å². The molecule has 102 valence electrons.